The molecule has 1 atom stereocenters. The first kappa shape index (κ1) is 20.8. The van der Waals surface area contributed by atoms with Gasteiger partial charge in [0.05, 0.1) is 7.11 Å². The number of hydrogen-bond acceptors (Lipinski definition) is 5. The predicted molar refractivity (Wildman–Crippen MR) is 101 cm³/mol. The second-order valence-electron chi connectivity index (χ2n) is 5.95. The maximum Gasteiger partial charge on any atom is 0.407 e. The first-order valence-corrected chi connectivity index (χ1v) is 8.60. The summed E-state index contributed by atoms with van der Waals surface area (Å²) >= 11 is 0. The Balaban J connectivity index is 1.78. The van der Waals surface area contributed by atoms with Gasteiger partial charge in [-0.2, -0.15) is 0 Å². The monoisotopic (exact) mass is 384 g/mol. The second kappa shape index (κ2) is 10.6. The maximum atomic E-state index is 12.0. The van der Waals surface area contributed by atoms with Crippen molar-refractivity contribution in [2.24, 2.45) is 0 Å². The summed E-state index contributed by atoms with van der Waals surface area (Å²) in [5.74, 6) is -0.841. The van der Waals surface area contributed by atoms with Gasteiger partial charge in [-0.25, -0.2) is 4.79 Å². The van der Waals surface area contributed by atoms with E-state index >= 15 is 0 Å². The van der Waals surface area contributed by atoms with Crippen molar-refractivity contribution >= 4 is 17.9 Å². The summed E-state index contributed by atoms with van der Waals surface area (Å²) < 4.78 is 10.1. The Hall–Kier alpha value is -3.55. The van der Waals surface area contributed by atoms with Crippen molar-refractivity contribution in [2.45, 2.75) is 19.1 Å². The number of alkyl carbamates (subject to hydrolysis) is 1. The minimum Gasteiger partial charge on any atom is -0.497 e. The van der Waals surface area contributed by atoms with Crippen LogP contribution >= 0.6 is 0 Å². The number of nitrogens with one attached hydrogen (secondary N) is 3. The topological polar surface area (TPSA) is 118 Å². The van der Waals surface area contributed by atoms with Gasteiger partial charge < -0.3 is 20.1 Å². The van der Waals surface area contributed by atoms with Crippen molar-refractivity contribution in [3.63, 3.8) is 0 Å². The Morgan fingerprint density at radius 1 is 1.00 bits per heavy atom. The zero-order chi connectivity index (χ0) is 20.4. The van der Waals surface area contributed by atoms with Crippen LogP contribution in [0.4, 0.5) is 4.79 Å². The average Bonchev–Trinajstić information content (AvgIpc) is 2.71. The Kier molecular flexibility index (Phi) is 7.83. The molecule has 0 aliphatic carbocycles. The summed E-state index contributed by atoms with van der Waals surface area (Å²) in [6.45, 7) is -0.278. The standard InChI is InChI=1S/C20H22N3O5/c1-27-16-9-7-14(8-10-16)11-17(19(21)25)23-18(24)12-22-20(26)28-13-15-5-3-2-4-6-15/h2-10,17,21H,11-13H2,1H3,(H,22,26)(H,23,24). The Morgan fingerprint density at radius 3 is 2.29 bits per heavy atom. The van der Waals surface area contributed by atoms with E-state index in [1.807, 2.05) is 30.3 Å². The van der Waals surface area contributed by atoms with Crippen LogP contribution in [0.15, 0.2) is 54.6 Å². The van der Waals surface area contributed by atoms with Gasteiger partial charge >= 0.3 is 6.09 Å². The molecule has 0 fully saturated rings. The lowest BCUT2D eigenvalue weighted by molar-refractivity contribution is -0.127. The van der Waals surface area contributed by atoms with E-state index in [0.29, 0.717) is 5.75 Å². The zero-order valence-electron chi connectivity index (χ0n) is 15.4. The molecule has 2 aromatic carbocycles. The number of benzene rings is 2. The van der Waals surface area contributed by atoms with E-state index in [4.69, 9.17) is 15.2 Å². The van der Waals surface area contributed by atoms with Crippen LogP contribution in [0.2, 0.25) is 0 Å². The summed E-state index contributed by atoms with van der Waals surface area (Å²) in [6.07, 6.45) is -0.584. The molecule has 0 saturated heterocycles. The lowest BCUT2D eigenvalue weighted by Crippen LogP contribution is -2.47. The van der Waals surface area contributed by atoms with Crippen molar-refractivity contribution in [3.05, 3.63) is 65.7 Å². The first-order valence-electron chi connectivity index (χ1n) is 8.60. The highest BCUT2D eigenvalue weighted by molar-refractivity contribution is 5.88. The smallest absolute Gasteiger partial charge is 0.407 e. The fraction of sp³-hybridized carbons (Fsp3) is 0.250. The molecule has 147 valence electrons. The Morgan fingerprint density at radius 2 is 1.68 bits per heavy atom. The fourth-order valence-corrected chi connectivity index (χ4v) is 2.38. The van der Waals surface area contributed by atoms with Crippen LogP contribution in [-0.2, 0) is 27.4 Å². The molecule has 2 rings (SSSR count). The molecule has 28 heavy (non-hydrogen) atoms. The highest BCUT2D eigenvalue weighted by Gasteiger charge is 2.19. The Bertz CT molecular complexity index is 793. The number of amides is 3. The largest absolute Gasteiger partial charge is 0.497 e. The molecule has 3 amide bonds. The number of carbonyl (C=O) groups is 3. The molecule has 1 unspecified atom stereocenters. The van der Waals surface area contributed by atoms with E-state index in [9.17, 15) is 14.4 Å². The summed E-state index contributed by atoms with van der Waals surface area (Å²) in [6, 6.07) is 15.1. The van der Waals surface area contributed by atoms with Gasteiger partial charge in [0.25, 0.3) is 5.91 Å². The van der Waals surface area contributed by atoms with Crippen LogP contribution in [0.3, 0.4) is 0 Å². The van der Waals surface area contributed by atoms with Gasteiger partial charge in [0, 0.05) is 6.42 Å². The summed E-state index contributed by atoms with van der Waals surface area (Å²) in [5.41, 5.74) is 8.93. The average molecular weight is 384 g/mol. The third-order valence-corrected chi connectivity index (χ3v) is 3.86. The molecule has 1 radical (unpaired) electrons. The van der Waals surface area contributed by atoms with Crippen molar-refractivity contribution in [2.75, 3.05) is 13.7 Å². The Labute approximate surface area is 163 Å². The van der Waals surface area contributed by atoms with Crippen LogP contribution in [0, 0.1) is 0 Å². The summed E-state index contributed by atoms with van der Waals surface area (Å²) in [4.78, 5) is 35.2. The van der Waals surface area contributed by atoms with Crippen molar-refractivity contribution in [1.29, 1.82) is 0 Å². The van der Waals surface area contributed by atoms with Gasteiger partial charge in [-0.15, -0.1) is 0 Å². The highest BCUT2D eigenvalue weighted by atomic mass is 16.5. The highest BCUT2D eigenvalue weighted by Crippen LogP contribution is 2.12. The van der Waals surface area contributed by atoms with Crippen molar-refractivity contribution < 1.29 is 23.9 Å². The van der Waals surface area contributed by atoms with Crippen LogP contribution in [0.25, 0.3) is 0 Å². The van der Waals surface area contributed by atoms with Gasteiger partial charge in [0.15, 0.2) is 0 Å². The molecule has 8 heteroatoms. The molecule has 0 bridgehead atoms. The molecule has 2 aromatic rings. The third kappa shape index (κ3) is 6.99. The molecule has 0 aliphatic rings. The van der Waals surface area contributed by atoms with Gasteiger partial charge in [-0.3, -0.25) is 15.3 Å². The summed E-state index contributed by atoms with van der Waals surface area (Å²) in [5, 5.41) is 4.76. The van der Waals surface area contributed by atoms with Crippen LogP contribution in [0.1, 0.15) is 11.1 Å². The fourth-order valence-electron chi connectivity index (χ4n) is 2.38. The van der Waals surface area contributed by atoms with E-state index in [2.05, 4.69) is 10.6 Å². The first-order chi connectivity index (χ1) is 13.5. The molecule has 0 aliphatic heterocycles. The number of ether oxygens (including phenoxy) is 2. The molecule has 3 N–H and O–H groups in total. The maximum absolute atomic E-state index is 12.0. The van der Waals surface area contributed by atoms with Crippen LogP contribution in [0.5, 0.6) is 5.75 Å². The summed E-state index contributed by atoms with van der Waals surface area (Å²) in [7, 11) is 1.54. The third-order valence-electron chi connectivity index (χ3n) is 3.86. The molecular weight excluding hydrogens is 362 g/mol. The number of hydrogen-bond donors (Lipinski definition) is 2. The predicted octanol–water partition coefficient (Wildman–Crippen LogP) is 1.46. The number of carbonyl (C=O) groups excluding carboxylic acids is 3. The minimum absolute atomic E-state index is 0.0829. The van der Waals surface area contributed by atoms with E-state index in [1.54, 1.807) is 31.4 Å². The molecular formula is C20H22N3O5. The lowest BCUT2D eigenvalue weighted by atomic mass is 10.1. The van der Waals surface area contributed by atoms with Gasteiger partial charge in [0.1, 0.15) is 24.9 Å². The minimum atomic E-state index is -1.01. The van der Waals surface area contributed by atoms with Crippen molar-refractivity contribution in [3.8, 4) is 5.75 Å². The van der Waals surface area contributed by atoms with Gasteiger partial charge in [-0.05, 0) is 23.3 Å². The van der Waals surface area contributed by atoms with Crippen LogP contribution in [-0.4, -0.2) is 37.6 Å². The van der Waals surface area contributed by atoms with E-state index in [0.717, 1.165) is 11.1 Å². The molecule has 0 spiro atoms. The number of rotatable bonds is 9. The van der Waals surface area contributed by atoms with Crippen molar-refractivity contribution in [1.82, 2.24) is 16.4 Å². The molecule has 8 nitrogen and oxygen atoms in total. The lowest BCUT2D eigenvalue weighted by Gasteiger charge is -2.15. The SMILES string of the molecule is COc1ccc(CC(NC(=O)CNC(=O)OCc2ccccc2)C([NH])=O)cc1. The molecule has 0 saturated carbocycles. The number of methoxy groups -OCH3 is 1. The normalized spacial score (nSPS) is 11.2. The quantitative estimate of drug-likeness (QED) is 0.679. The van der Waals surface area contributed by atoms with Gasteiger partial charge in [-0.1, -0.05) is 42.5 Å². The molecule has 0 heterocycles. The van der Waals surface area contributed by atoms with E-state index in [-0.39, 0.29) is 19.6 Å². The molecule has 0 aromatic heterocycles. The van der Waals surface area contributed by atoms with Gasteiger partial charge in [0.2, 0.25) is 5.91 Å². The second-order valence-corrected chi connectivity index (χ2v) is 5.95. The van der Waals surface area contributed by atoms with E-state index < -0.39 is 23.9 Å². The zero-order valence-corrected chi connectivity index (χ0v) is 15.4. The van der Waals surface area contributed by atoms with E-state index in [1.165, 1.54) is 0 Å². The van der Waals surface area contributed by atoms with Crippen LogP contribution < -0.4 is 21.1 Å².